The number of hydrogen-bond donors (Lipinski definition) is 3. The van der Waals surface area contributed by atoms with Gasteiger partial charge in [0, 0.05) is 6.42 Å². The van der Waals surface area contributed by atoms with E-state index in [1.165, 1.54) is 25.1 Å². The normalized spacial score (nSPS) is 12.5. The van der Waals surface area contributed by atoms with Gasteiger partial charge in [-0.05, 0) is 24.1 Å². The van der Waals surface area contributed by atoms with Crippen molar-refractivity contribution in [1.82, 2.24) is 10.6 Å². The Labute approximate surface area is 162 Å². The molecule has 0 saturated heterocycles. The van der Waals surface area contributed by atoms with Crippen LogP contribution < -0.4 is 16.4 Å². The number of halogens is 1. The lowest BCUT2D eigenvalue weighted by atomic mass is 10.0. The fourth-order valence-corrected chi connectivity index (χ4v) is 2.39. The Bertz CT molecular complexity index is 829. The summed E-state index contributed by atoms with van der Waals surface area (Å²) in [6.07, 6.45) is -0.961. The Morgan fingerprint density at radius 1 is 1.04 bits per heavy atom. The number of nitrogens with two attached hydrogens (primary N) is 1. The topological polar surface area (TPSA) is 111 Å². The minimum absolute atomic E-state index is 0.0123. The van der Waals surface area contributed by atoms with Gasteiger partial charge in [0.25, 0.3) is 0 Å². The van der Waals surface area contributed by atoms with Gasteiger partial charge in [0.05, 0.1) is 0 Å². The maximum Gasteiger partial charge on any atom is 0.408 e. The van der Waals surface area contributed by atoms with E-state index in [0.29, 0.717) is 0 Å². The molecule has 2 rings (SSSR count). The van der Waals surface area contributed by atoms with Gasteiger partial charge < -0.3 is 21.1 Å². The maximum atomic E-state index is 14.0. The number of ether oxygens (including phenoxy) is 1. The Balaban J connectivity index is 2.06. The van der Waals surface area contributed by atoms with Gasteiger partial charge in [0.1, 0.15) is 24.5 Å². The summed E-state index contributed by atoms with van der Waals surface area (Å²) in [7, 11) is 0. The largest absolute Gasteiger partial charge is 0.445 e. The van der Waals surface area contributed by atoms with Crippen LogP contribution in [0.15, 0.2) is 54.6 Å². The minimum Gasteiger partial charge on any atom is -0.445 e. The highest BCUT2D eigenvalue weighted by Gasteiger charge is 2.25. The van der Waals surface area contributed by atoms with E-state index in [9.17, 15) is 18.8 Å². The molecular weight excluding hydrogens is 365 g/mol. The third-order valence-corrected chi connectivity index (χ3v) is 3.99. The summed E-state index contributed by atoms with van der Waals surface area (Å²) in [5.41, 5.74) is 6.16. The van der Waals surface area contributed by atoms with Crippen LogP contribution in [0.25, 0.3) is 0 Å². The predicted molar refractivity (Wildman–Crippen MR) is 100 cm³/mol. The molecule has 0 aliphatic heterocycles. The van der Waals surface area contributed by atoms with Gasteiger partial charge in [-0.25, -0.2) is 9.18 Å². The molecule has 3 amide bonds. The first-order chi connectivity index (χ1) is 13.4. The van der Waals surface area contributed by atoms with Crippen LogP contribution in [0.3, 0.4) is 0 Å². The highest BCUT2D eigenvalue weighted by molar-refractivity contribution is 5.90. The molecule has 0 spiro atoms. The first-order valence-electron chi connectivity index (χ1n) is 8.67. The van der Waals surface area contributed by atoms with E-state index < -0.39 is 35.8 Å². The summed E-state index contributed by atoms with van der Waals surface area (Å²) < 4.78 is 19.1. The van der Waals surface area contributed by atoms with Crippen LogP contribution in [0.5, 0.6) is 0 Å². The number of nitrogens with one attached hydrogen (secondary N) is 2. The zero-order chi connectivity index (χ0) is 20.5. The van der Waals surface area contributed by atoms with E-state index in [-0.39, 0.29) is 18.6 Å². The molecule has 7 nitrogen and oxygen atoms in total. The molecule has 0 unspecified atom stereocenters. The van der Waals surface area contributed by atoms with Gasteiger partial charge in [-0.1, -0.05) is 48.5 Å². The molecular formula is C20H22FN3O4. The molecule has 0 aliphatic rings. The SMILES string of the molecule is C[C@H](NC(=O)[C@H](Cc1ccccc1F)NC(=O)OCc1ccccc1)C(N)=O. The summed E-state index contributed by atoms with van der Waals surface area (Å²) in [6.45, 7) is 1.42. The molecule has 28 heavy (non-hydrogen) atoms. The summed E-state index contributed by atoms with van der Waals surface area (Å²) in [5, 5.41) is 4.81. The van der Waals surface area contributed by atoms with Gasteiger partial charge in [0.2, 0.25) is 11.8 Å². The molecule has 8 heteroatoms. The van der Waals surface area contributed by atoms with E-state index >= 15 is 0 Å². The van der Waals surface area contributed by atoms with E-state index in [1.807, 2.05) is 6.07 Å². The van der Waals surface area contributed by atoms with Gasteiger partial charge >= 0.3 is 6.09 Å². The molecule has 0 aliphatic carbocycles. The number of rotatable bonds is 8. The number of benzene rings is 2. The van der Waals surface area contributed by atoms with Gasteiger partial charge in [0.15, 0.2) is 0 Å². The lowest BCUT2D eigenvalue weighted by Gasteiger charge is -2.20. The number of carbonyl (C=O) groups is 3. The zero-order valence-corrected chi connectivity index (χ0v) is 15.4. The van der Waals surface area contributed by atoms with E-state index in [0.717, 1.165) is 5.56 Å². The third-order valence-electron chi connectivity index (χ3n) is 3.99. The van der Waals surface area contributed by atoms with Crippen molar-refractivity contribution >= 4 is 17.9 Å². The van der Waals surface area contributed by atoms with Crippen LogP contribution in [0.4, 0.5) is 9.18 Å². The third kappa shape index (κ3) is 6.39. The number of alkyl carbamates (subject to hydrolysis) is 1. The standard InChI is InChI=1S/C20H22FN3O4/c1-13(18(22)25)23-19(26)17(11-15-9-5-6-10-16(15)21)24-20(27)28-12-14-7-3-2-4-8-14/h2-10,13,17H,11-12H2,1H3,(H2,22,25)(H,23,26)(H,24,27)/t13-,17-/m0/s1. The van der Waals surface area contributed by atoms with Crippen molar-refractivity contribution in [2.45, 2.75) is 32.0 Å². The maximum absolute atomic E-state index is 14.0. The zero-order valence-electron chi connectivity index (χ0n) is 15.4. The molecule has 148 valence electrons. The fourth-order valence-electron chi connectivity index (χ4n) is 2.39. The van der Waals surface area contributed by atoms with E-state index in [4.69, 9.17) is 10.5 Å². The minimum atomic E-state index is -1.15. The number of amides is 3. The quantitative estimate of drug-likeness (QED) is 0.640. The van der Waals surface area contributed by atoms with Crippen molar-refractivity contribution in [2.24, 2.45) is 5.73 Å². The molecule has 0 aromatic heterocycles. The van der Waals surface area contributed by atoms with Gasteiger partial charge in [-0.3, -0.25) is 9.59 Å². The molecule has 2 aromatic carbocycles. The number of hydrogen-bond acceptors (Lipinski definition) is 4. The lowest BCUT2D eigenvalue weighted by Crippen LogP contribution is -2.52. The van der Waals surface area contributed by atoms with Crippen LogP contribution in [-0.2, 0) is 27.4 Å². The second-order valence-corrected chi connectivity index (χ2v) is 6.19. The highest BCUT2D eigenvalue weighted by atomic mass is 19.1. The van der Waals surface area contributed by atoms with Crippen LogP contribution in [-0.4, -0.2) is 30.0 Å². The van der Waals surface area contributed by atoms with Crippen molar-refractivity contribution in [2.75, 3.05) is 0 Å². The summed E-state index contributed by atoms with van der Waals surface area (Å²) in [5.74, 6) is -1.92. The predicted octanol–water partition coefficient (Wildman–Crippen LogP) is 1.65. The average molecular weight is 387 g/mol. The second kappa shape index (κ2) is 10.1. The van der Waals surface area contributed by atoms with Crippen molar-refractivity contribution < 1.29 is 23.5 Å². The van der Waals surface area contributed by atoms with Crippen molar-refractivity contribution in [3.05, 3.63) is 71.5 Å². The Hall–Kier alpha value is -3.42. The van der Waals surface area contributed by atoms with Crippen molar-refractivity contribution in [3.63, 3.8) is 0 Å². The molecule has 0 heterocycles. The summed E-state index contributed by atoms with van der Waals surface area (Å²) >= 11 is 0. The summed E-state index contributed by atoms with van der Waals surface area (Å²) in [6, 6.07) is 12.8. The molecule has 4 N–H and O–H groups in total. The lowest BCUT2D eigenvalue weighted by molar-refractivity contribution is -0.128. The molecule has 0 bridgehead atoms. The van der Waals surface area contributed by atoms with Gasteiger partial charge in [-0.15, -0.1) is 0 Å². The van der Waals surface area contributed by atoms with Crippen molar-refractivity contribution in [1.29, 1.82) is 0 Å². The van der Waals surface area contributed by atoms with Crippen LogP contribution in [0.1, 0.15) is 18.1 Å². The Morgan fingerprint density at radius 3 is 2.32 bits per heavy atom. The first kappa shape index (κ1) is 20.9. The average Bonchev–Trinajstić information content (AvgIpc) is 2.68. The molecule has 2 aromatic rings. The Kier molecular flexibility index (Phi) is 7.50. The van der Waals surface area contributed by atoms with Crippen molar-refractivity contribution in [3.8, 4) is 0 Å². The number of primary amides is 1. The molecule has 0 radical (unpaired) electrons. The van der Waals surface area contributed by atoms with Crippen LogP contribution in [0.2, 0.25) is 0 Å². The Morgan fingerprint density at radius 2 is 1.68 bits per heavy atom. The first-order valence-corrected chi connectivity index (χ1v) is 8.67. The van der Waals surface area contributed by atoms with Crippen LogP contribution >= 0.6 is 0 Å². The molecule has 0 saturated carbocycles. The fraction of sp³-hybridized carbons (Fsp3) is 0.250. The molecule has 2 atom stereocenters. The van der Waals surface area contributed by atoms with Crippen LogP contribution in [0, 0.1) is 5.82 Å². The van der Waals surface area contributed by atoms with E-state index in [1.54, 1.807) is 30.3 Å². The monoisotopic (exact) mass is 387 g/mol. The second-order valence-electron chi connectivity index (χ2n) is 6.19. The number of carbonyl (C=O) groups excluding carboxylic acids is 3. The van der Waals surface area contributed by atoms with E-state index in [2.05, 4.69) is 10.6 Å². The highest BCUT2D eigenvalue weighted by Crippen LogP contribution is 2.10. The van der Waals surface area contributed by atoms with Gasteiger partial charge in [-0.2, -0.15) is 0 Å². The summed E-state index contributed by atoms with van der Waals surface area (Å²) in [4.78, 5) is 35.8. The molecule has 0 fully saturated rings. The smallest absolute Gasteiger partial charge is 0.408 e.